The van der Waals surface area contributed by atoms with Crippen LogP contribution in [-0.2, 0) is 17.8 Å². The summed E-state index contributed by atoms with van der Waals surface area (Å²) in [6.07, 6.45) is 1.93. The number of fused-ring (bicyclic) bond motifs is 1. The van der Waals surface area contributed by atoms with Gasteiger partial charge in [-0.3, -0.25) is 4.79 Å². The van der Waals surface area contributed by atoms with Gasteiger partial charge < -0.3 is 16.0 Å². The van der Waals surface area contributed by atoms with Gasteiger partial charge in [-0.05, 0) is 43.5 Å². The average molecular weight is 259 g/mol. The lowest BCUT2D eigenvalue weighted by Gasteiger charge is -2.28. The minimum absolute atomic E-state index is 0.182. The molecular weight excluding hydrogens is 238 g/mol. The number of rotatable bonds is 2. The predicted molar refractivity (Wildman–Crippen MR) is 76.0 cm³/mol. The molecule has 0 aromatic heterocycles. The van der Waals surface area contributed by atoms with Crippen molar-refractivity contribution in [3.8, 4) is 0 Å². The van der Waals surface area contributed by atoms with Gasteiger partial charge in [-0.2, -0.15) is 0 Å². The van der Waals surface area contributed by atoms with Gasteiger partial charge in [0.05, 0.1) is 5.41 Å². The summed E-state index contributed by atoms with van der Waals surface area (Å²) in [6.45, 7) is 5.60. The summed E-state index contributed by atoms with van der Waals surface area (Å²) >= 11 is 0. The van der Waals surface area contributed by atoms with E-state index in [0.717, 1.165) is 39.0 Å². The lowest BCUT2D eigenvalue weighted by atomic mass is 9.89. The number of carbonyl (C=O) groups is 1. The summed E-state index contributed by atoms with van der Waals surface area (Å²) in [7, 11) is 0. The fraction of sp³-hybridized carbons (Fsp3) is 0.533. The number of nitrogens with zero attached hydrogens (tertiary/aromatic N) is 1. The Bertz CT molecular complexity index is 514. The molecule has 3 rings (SSSR count). The van der Waals surface area contributed by atoms with Crippen LogP contribution in [0.15, 0.2) is 18.2 Å². The molecule has 1 amide bonds. The Morgan fingerprint density at radius 1 is 1.47 bits per heavy atom. The van der Waals surface area contributed by atoms with E-state index in [1.54, 1.807) is 0 Å². The van der Waals surface area contributed by atoms with E-state index >= 15 is 0 Å². The highest BCUT2D eigenvalue weighted by Gasteiger charge is 2.39. The summed E-state index contributed by atoms with van der Waals surface area (Å²) in [5.41, 5.74) is 9.25. The van der Waals surface area contributed by atoms with E-state index < -0.39 is 0 Å². The standard InChI is InChI=1S/C15H21N3O/c1-15(14(16)19)6-8-18(10-15)13-4-2-3-11-5-7-17-9-12(11)13/h2-4,17H,5-10H2,1H3,(H2,16,19). The first-order valence-electron chi connectivity index (χ1n) is 6.96. The third-order valence-corrected chi connectivity index (χ3v) is 4.53. The number of primary amides is 1. The molecule has 0 radical (unpaired) electrons. The summed E-state index contributed by atoms with van der Waals surface area (Å²) < 4.78 is 0. The molecule has 0 saturated carbocycles. The van der Waals surface area contributed by atoms with Gasteiger partial charge in [-0.25, -0.2) is 0 Å². The Morgan fingerprint density at radius 3 is 3.05 bits per heavy atom. The SMILES string of the molecule is CC1(C(N)=O)CCN(c2cccc3c2CNCC3)C1. The third kappa shape index (κ3) is 2.10. The number of nitrogens with one attached hydrogen (secondary N) is 1. The van der Waals surface area contributed by atoms with Crippen LogP contribution >= 0.6 is 0 Å². The maximum atomic E-state index is 11.6. The molecular formula is C15H21N3O. The van der Waals surface area contributed by atoms with Crippen LogP contribution in [0.5, 0.6) is 0 Å². The van der Waals surface area contributed by atoms with Crippen molar-refractivity contribution in [3.63, 3.8) is 0 Å². The van der Waals surface area contributed by atoms with E-state index in [0.29, 0.717) is 0 Å². The van der Waals surface area contributed by atoms with Crippen LogP contribution < -0.4 is 16.0 Å². The monoisotopic (exact) mass is 259 g/mol. The Hall–Kier alpha value is -1.55. The van der Waals surface area contributed by atoms with Gasteiger partial charge in [0.15, 0.2) is 0 Å². The molecule has 1 unspecified atom stereocenters. The summed E-state index contributed by atoms with van der Waals surface area (Å²) in [5.74, 6) is -0.182. The number of benzene rings is 1. The molecule has 2 aliphatic rings. The van der Waals surface area contributed by atoms with Crippen LogP contribution in [0.2, 0.25) is 0 Å². The van der Waals surface area contributed by atoms with Crippen LogP contribution in [0.1, 0.15) is 24.5 Å². The van der Waals surface area contributed by atoms with Gasteiger partial charge >= 0.3 is 0 Å². The number of anilines is 1. The molecule has 0 aliphatic carbocycles. The number of hydrogen-bond acceptors (Lipinski definition) is 3. The molecule has 1 aromatic rings. The highest BCUT2D eigenvalue weighted by molar-refractivity contribution is 5.82. The summed E-state index contributed by atoms with van der Waals surface area (Å²) in [6, 6.07) is 6.50. The second-order valence-corrected chi connectivity index (χ2v) is 5.94. The minimum atomic E-state index is -0.384. The van der Waals surface area contributed by atoms with Crippen LogP contribution in [0, 0.1) is 5.41 Å². The second kappa shape index (κ2) is 4.53. The highest BCUT2D eigenvalue weighted by Crippen LogP contribution is 2.35. The van der Waals surface area contributed by atoms with Gasteiger partial charge in [0.25, 0.3) is 0 Å². The minimum Gasteiger partial charge on any atom is -0.370 e. The molecule has 102 valence electrons. The topological polar surface area (TPSA) is 58.4 Å². The van der Waals surface area contributed by atoms with Crippen molar-refractivity contribution in [2.45, 2.75) is 26.3 Å². The highest BCUT2D eigenvalue weighted by atomic mass is 16.1. The van der Waals surface area contributed by atoms with Crippen molar-refractivity contribution in [1.29, 1.82) is 0 Å². The molecule has 0 spiro atoms. The maximum absolute atomic E-state index is 11.6. The first-order valence-corrected chi connectivity index (χ1v) is 6.96. The first kappa shape index (κ1) is 12.5. The molecule has 4 nitrogen and oxygen atoms in total. The van der Waals surface area contributed by atoms with E-state index in [-0.39, 0.29) is 11.3 Å². The molecule has 19 heavy (non-hydrogen) atoms. The molecule has 2 aliphatic heterocycles. The van der Waals surface area contributed by atoms with Gasteiger partial charge in [-0.1, -0.05) is 12.1 Å². The number of nitrogens with two attached hydrogens (primary N) is 1. The molecule has 2 heterocycles. The van der Waals surface area contributed by atoms with Crippen molar-refractivity contribution in [1.82, 2.24) is 5.32 Å². The number of hydrogen-bond donors (Lipinski definition) is 2. The second-order valence-electron chi connectivity index (χ2n) is 5.94. The zero-order valence-corrected chi connectivity index (χ0v) is 11.4. The number of amides is 1. The largest absolute Gasteiger partial charge is 0.370 e. The Morgan fingerprint density at radius 2 is 2.32 bits per heavy atom. The Labute approximate surface area is 114 Å². The van der Waals surface area contributed by atoms with Crippen LogP contribution in [0.3, 0.4) is 0 Å². The molecule has 3 N–H and O–H groups in total. The summed E-state index contributed by atoms with van der Waals surface area (Å²) in [4.78, 5) is 13.9. The zero-order chi connectivity index (χ0) is 13.5. The lowest BCUT2D eigenvalue weighted by molar-refractivity contribution is -0.125. The number of carbonyl (C=O) groups excluding carboxylic acids is 1. The summed E-state index contributed by atoms with van der Waals surface area (Å²) in [5, 5.41) is 3.43. The van der Waals surface area contributed by atoms with Crippen molar-refractivity contribution >= 4 is 11.6 Å². The Kier molecular flexibility index (Phi) is 2.97. The van der Waals surface area contributed by atoms with Gasteiger partial charge in [-0.15, -0.1) is 0 Å². The van der Waals surface area contributed by atoms with Crippen molar-refractivity contribution in [2.24, 2.45) is 11.1 Å². The normalized spacial score (nSPS) is 26.3. The maximum Gasteiger partial charge on any atom is 0.225 e. The quantitative estimate of drug-likeness (QED) is 0.834. The molecule has 1 atom stereocenters. The fourth-order valence-electron chi connectivity index (χ4n) is 3.16. The van der Waals surface area contributed by atoms with Crippen LogP contribution in [0.25, 0.3) is 0 Å². The molecule has 1 fully saturated rings. The van der Waals surface area contributed by atoms with Crippen molar-refractivity contribution in [2.75, 3.05) is 24.5 Å². The van der Waals surface area contributed by atoms with E-state index in [1.807, 2.05) is 6.92 Å². The lowest BCUT2D eigenvalue weighted by Crippen LogP contribution is -2.37. The van der Waals surface area contributed by atoms with Gasteiger partial charge in [0.1, 0.15) is 0 Å². The van der Waals surface area contributed by atoms with Gasteiger partial charge in [0, 0.05) is 25.3 Å². The van der Waals surface area contributed by atoms with E-state index in [9.17, 15) is 4.79 Å². The first-order chi connectivity index (χ1) is 9.10. The molecule has 4 heteroatoms. The van der Waals surface area contributed by atoms with Crippen molar-refractivity contribution in [3.05, 3.63) is 29.3 Å². The molecule has 0 bridgehead atoms. The van der Waals surface area contributed by atoms with E-state index in [1.165, 1.54) is 16.8 Å². The van der Waals surface area contributed by atoms with Crippen LogP contribution in [-0.4, -0.2) is 25.5 Å². The van der Waals surface area contributed by atoms with E-state index in [4.69, 9.17) is 5.73 Å². The Balaban J connectivity index is 1.90. The fourth-order valence-corrected chi connectivity index (χ4v) is 3.16. The van der Waals surface area contributed by atoms with Crippen molar-refractivity contribution < 1.29 is 4.79 Å². The third-order valence-electron chi connectivity index (χ3n) is 4.53. The average Bonchev–Trinajstić information content (AvgIpc) is 2.82. The zero-order valence-electron chi connectivity index (χ0n) is 11.4. The molecule has 1 aromatic carbocycles. The van der Waals surface area contributed by atoms with E-state index in [2.05, 4.69) is 28.4 Å². The molecule has 1 saturated heterocycles. The van der Waals surface area contributed by atoms with Crippen LogP contribution in [0.4, 0.5) is 5.69 Å². The van der Waals surface area contributed by atoms with Gasteiger partial charge in [0.2, 0.25) is 5.91 Å². The predicted octanol–water partition coefficient (Wildman–Crippen LogP) is 1.03. The smallest absolute Gasteiger partial charge is 0.225 e.